The second-order valence-electron chi connectivity index (χ2n) is 7.93. The van der Waals surface area contributed by atoms with Crippen molar-refractivity contribution in [1.29, 1.82) is 0 Å². The summed E-state index contributed by atoms with van der Waals surface area (Å²) >= 11 is 0. The van der Waals surface area contributed by atoms with E-state index in [2.05, 4.69) is 25.2 Å². The molecule has 5 heterocycles. The number of pyridine rings is 3. The van der Waals surface area contributed by atoms with Crippen LogP contribution in [0, 0.1) is 0 Å². The average Bonchev–Trinajstić information content (AvgIpc) is 3.37. The Hall–Kier alpha value is -3.85. The monoisotopic (exact) mass is 429 g/mol. The zero-order valence-electron chi connectivity index (χ0n) is 17.9. The Morgan fingerprint density at radius 1 is 1.19 bits per heavy atom. The Morgan fingerprint density at radius 2 is 2.06 bits per heavy atom. The quantitative estimate of drug-likeness (QED) is 0.502. The van der Waals surface area contributed by atoms with Crippen LogP contribution in [-0.2, 0) is 26.1 Å². The van der Waals surface area contributed by atoms with Gasteiger partial charge >= 0.3 is 0 Å². The Labute approximate surface area is 184 Å². The van der Waals surface area contributed by atoms with E-state index in [1.807, 2.05) is 37.5 Å². The molecule has 0 bridgehead atoms. The maximum Gasteiger partial charge on any atom is 0.269 e. The van der Waals surface area contributed by atoms with E-state index in [1.54, 1.807) is 24.0 Å². The van der Waals surface area contributed by atoms with Gasteiger partial charge in [-0.15, -0.1) is 0 Å². The Balaban J connectivity index is 1.29. The van der Waals surface area contributed by atoms with Crippen LogP contribution < -0.4 is 10.9 Å². The van der Waals surface area contributed by atoms with E-state index >= 15 is 0 Å². The van der Waals surface area contributed by atoms with Crippen molar-refractivity contribution in [2.24, 2.45) is 0 Å². The molecule has 4 aromatic rings. The number of carbonyl (C=O) groups is 1. The number of aromatic amines is 1. The van der Waals surface area contributed by atoms with Gasteiger partial charge in [0.05, 0.1) is 28.6 Å². The molecule has 4 aromatic heterocycles. The fourth-order valence-electron chi connectivity index (χ4n) is 4.02. The predicted molar refractivity (Wildman–Crippen MR) is 119 cm³/mol. The van der Waals surface area contributed by atoms with E-state index in [9.17, 15) is 9.59 Å². The van der Waals surface area contributed by atoms with Crippen LogP contribution in [0.1, 0.15) is 39.8 Å². The Kier molecular flexibility index (Phi) is 5.02. The van der Waals surface area contributed by atoms with Gasteiger partial charge in [0.1, 0.15) is 5.69 Å². The van der Waals surface area contributed by atoms with Crippen LogP contribution in [0.2, 0.25) is 0 Å². The summed E-state index contributed by atoms with van der Waals surface area (Å²) in [6.07, 6.45) is 6.21. The molecule has 0 unspecified atom stereocenters. The standard InChI is InChI=1S/C23H23N7O2/c1-3-15-7-19-20(27-22(15)31)6-14(8-25-19)10-29-11-16-12-30(28-21(16)13-29)17-4-5-18(26-9-17)23(32)24-2/h4-9,12H,3,10-11,13H2,1-2H3,(H,24,32)(H,27,31). The van der Waals surface area contributed by atoms with Crippen molar-refractivity contribution in [1.82, 2.24) is 34.9 Å². The van der Waals surface area contributed by atoms with Crippen LogP contribution in [0.25, 0.3) is 16.7 Å². The van der Waals surface area contributed by atoms with Crippen molar-refractivity contribution in [3.8, 4) is 5.69 Å². The zero-order valence-corrected chi connectivity index (χ0v) is 17.9. The molecule has 0 aromatic carbocycles. The largest absolute Gasteiger partial charge is 0.354 e. The number of fused-ring (bicyclic) bond motifs is 2. The third-order valence-electron chi connectivity index (χ3n) is 5.73. The van der Waals surface area contributed by atoms with Crippen LogP contribution in [0.3, 0.4) is 0 Å². The van der Waals surface area contributed by atoms with E-state index in [1.165, 1.54) is 0 Å². The summed E-state index contributed by atoms with van der Waals surface area (Å²) in [7, 11) is 1.58. The molecule has 2 N–H and O–H groups in total. The molecular weight excluding hydrogens is 406 g/mol. The van der Waals surface area contributed by atoms with Crippen molar-refractivity contribution in [3.63, 3.8) is 0 Å². The lowest BCUT2D eigenvalue weighted by molar-refractivity contribution is 0.0958. The molecule has 5 rings (SSSR count). The minimum Gasteiger partial charge on any atom is -0.354 e. The van der Waals surface area contributed by atoms with Gasteiger partial charge in [-0.1, -0.05) is 6.92 Å². The van der Waals surface area contributed by atoms with E-state index in [0.29, 0.717) is 12.1 Å². The molecule has 0 fully saturated rings. The first-order chi connectivity index (χ1) is 15.5. The first kappa shape index (κ1) is 20.1. The fraction of sp³-hybridized carbons (Fsp3) is 0.261. The summed E-state index contributed by atoms with van der Waals surface area (Å²) in [6.45, 7) is 4.20. The molecule has 0 saturated carbocycles. The molecular formula is C23H23N7O2. The summed E-state index contributed by atoms with van der Waals surface area (Å²) in [4.78, 5) is 37.8. The van der Waals surface area contributed by atoms with E-state index in [4.69, 9.17) is 5.10 Å². The minimum atomic E-state index is -0.215. The van der Waals surface area contributed by atoms with Gasteiger partial charge in [0, 0.05) is 50.2 Å². The molecule has 9 heteroatoms. The molecule has 1 aliphatic heterocycles. The maximum atomic E-state index is 12.1. The number of nitrogens with one attached hydrogen (secondary N) is 2. The lowest BCUT2D eigenvalue weighted by atomic mass is 10.1. The van der Waals surface area contributed by atoms with Crippen LogP contribution >= 0.6 is 0 Å². The zero-order chi connectivity index (χ0) is 22.2. The van der Waals surface area contributed by atoms with Gasteiger partial charge in [0.25, 0.3) is 11.5 Å². The summed E-state index contributed by atoms with van der Waals surface area (Å²) in [6, 6.07) is 7.39. The van der Waals surface area contributed by atoms with Crippen LogP contribution in [0.4, 0.5) is 0 Å². The summed E-state index contributed by atoms with van der Waals surface area (Å²) in [5, 5.41) is 7.26. The second-order valence-corrected chi connectivity index (χ2v) is 7.93. The van der Waals surface area contributed by atoms with Gasteiger partial charge in [-0.2, -0.15) is 5.10 Å². The number of hydrogen-bond donors (Lipinski definition) is 2. The molecule has 0 radical (unpaired) electrons. The van der Waals surface area contributed by atoms with Gasteiger partial charge in [-0.25, -0.2) is 9.67 Å². The highest BCUT2D eigenvalue weighted by Gasteiger charge is 2.23. The second kappa shape index (κ2) is 8.01. The molecule has 9 nitrogen and oxygen atoms in total. The number of hydrogen-bond acceptors (Lipinski definition) is 6. The molecule has 162 valence electrons. The maximum absolute atomic E-state index is 12.1. The first-order valence-electron chi connectivity index (χ1n) is 10.5. The fourth-order valence-corrected chi connectivity index (χ4v) is 4.02. The molecule has 1 aliphatic rings. The van der Waals surface area contributed by atoms with Crippen LogP contribution in [-0.4, -0.2) is 42.6 Å². The number of H-pyrrole nitrogens is 1. The minimum absolute atomic E-state index is 0.0490. The SMILES string of the molecule is CCc1cc2ncc(CN3Cc4cn(-c5ccc(C(=O)NC)nc5)nc4C3)cc2[nH]c1=O. The number of nitrogens with zero attached hydrogens (tertiary/aromatic N) is 5. The average molecular weight is 429 g/mol. The Bertz CT molecular complexity index is 1350. The molecule has 1 amide bonds. The number of amides is 1. The van der Waals surface area contributed by atoms with E-state index in [-0.39, 0.29) is 11.5 Å². The van der Waals surface area contributed by atoms with Gasteiger partial charge < -0.3 is 10.3 Å². The predicted octanol–water partition coefficient (Wildman–Crippen LogP) is 1.94. The van der Waals surface area contributed by atoms with Gasteiger partial charge in [-0.05, 0) is 36.2 Å². The third kappa shape index (κ3) is 3.67. The van der Waals surface area contributed by atoms with Crippen molar-refractivity contribution >= 4 is 16.9 Å². The van der Waals surface area contributed by atoms with Crippen molar-refractivity contribution in [2.75, 3.05) is 7.05 Å². The lowest BCUT2D eigenvalue weighted by Gasteiger charge is -2.15. The van der Waals surface area contributed by atoms with Gasteiger partial charge in [-0.3, -0.25) is 19.5 Å². The van der Waals surface area contributed by atoms with E-state index in [0.717, 1.165) is 58.7 Å². The Morgan fingerprint density at radius 3 is 2.78 bits per heavy atom. The molecule has 0 saturated heterocycles. The number of rotatable bonds is 5. The highest BCUT2D eigenvalue weighted by Crippen LogP contribution is 2.25. The van der Waals surface area contributed by atoms with Gasteiger partial charge in [0.15, 0.2) is 0 Å². The normalized spacial score (nSPS) is 13.4. The molecule has 0 aliphatic carbocycles. The first-order valence-corrected chi connectivity index (χ1v) is 10.5. The van der Waals surface area contributed by atoms with Crippen molar-refractivity contribution in [2.45, 2.75) is 33.0 Å². The summed E-state index contributed by atoms with van der Waals surface area (Å²) in [5.41, 5.74) is 6.69. The summed E-state index contributed by atoms with van der Waals surface area (Å²) in [5.74, 6) is -0.215. The number of aryl methyl sites for hydroxylation is 1. The van der Waals surface area contributed by atoms with Crippen molar-refractivity contribution in [3.05, 3.63) is 81.3 Å². The van der Waals surface area contributed by atoms with Crippen LogP contribution in [0.5, 0.6) is 0 Å². The van der Waals surface area contributed by atoms with Crippen LogP contribution in [0.15, 0.2) is 47.7 Å². The summed E-state index contributed by atoms with van der Waals surface area (Å²) < 4.78 is 1.80. The smallest absolute Gasteiger partial charge is 0.269 e. The molecule has 0 spiro atoms. The third-order valence-corrected chi connectivity index (χ3v) is 5.73. The highest BCUT2D eigenvalue weighted by atomic mass is 16.1. The highest BCUT2D eigenvalue weighted by molar-refractivity contribution is 5.92. The van der Waals surface area contributed by atoms with Gasteiger partial charge in [0.2, 0.25) is 0 Å². The number of carbonyl (C=O) groups excluding carboxylic acids is 1. The topological polar surface area (TPSA) is 109 Å². The number of aromatic nitrogens is 5. The van der Waals surface area contributed by atoms with E-state index < -0.39 is 0 Å². The molecule has 32 heavy (non-hydrogen) atoms. The molecule has 0 atom stereocenters. The lowest BCUT2D eigenvalue weighted by Crippen LogP contribution is -2.19. The van der Waals surface area contributed by atoms with Crippen molar-refractivity contribution < 1.29 is 4.79 Å².